The van der Waals surface area contributed by atoms with E-state index in [0.717, 1.165) is 11.8 Å². The molecule has 1 aromatic carbocycles. The maximum Gasteiger partial charge on any atom is 0.295 e. The number of hydrazone groups is 1. The summed E-state index contributed by atoms with van der Waals surface area (Å²) in [5.41, 5.74) is 3.14. The number of nitrogens with one attached hydrogen (secondary N) is 1. The number of morpholine rings is 1. The van der Waals surface area contributed by atoms with E-state index >= 15 is 0 Å². The molecule has 0 amide bonds. The normalized spacial score (nSPS) is 15.9. The Morgan fingerprint density at radius 2 is 2.04 bits per heavy atom. The summed E-state index contributed by atoms with van der Waals surface area (Å²) in [7, 11) is -1.97. The van der Waals surface area contributed by atoms with Crippen molar-refractivity contribution < 1.29 is 18.1 Å². The van der Waals surface area contributed by atoms with Gasteiger partial charge in [-0.25, -0.2) is 8.42 Å². The van der Waals surface area contributed by atoms with Gasteiger partial charge in [0.2, 0.25) is 10.0 Å². The second-order valence-corrected chi connectivity index (χ2v) is 7.80. The molecule has 1 aliphatic rings. The predicted molar refractivity (Wildman–Crippen MR) is 99.3 cm³/mol. The van der Waals surface area contributed by atoms with Crippen LogP contribution < -0.4 is 5.43 Å². The highest BCUT2D eigenvalue weighted by Crippen LogP contribution is 2.29. The van der Waals surface area contributed by atoms with Crippen LogP contribution >= 0.6 is 0 Å². The lowest BCUT2D eigenvalue weighted by Crippen LogP contribution is -2.40. The van der Waals surface area contributed by atoms with Crippen LogP contribution in [0.4, 0.5) is 11.4 Å². The fraction of sp³-hybridized carbons (Fsp3) is 0.312. The highest BCUT2D eigenvalue weighted by Gasteiger charge is 2.28. The molecular formula is C16H19N5O5S. The average Bonchev–Trinajstić information content (AvgIpc) is 3.07. The second-order valence-electron chi connectivity index (χ2n) is 5.87. The van der Waals surface area contributed by atoms with Gasteiger partial charge in [0.25, 0.3) is 5.69 Å². The number of benzene rings is 1. The zero-order chi connectivity index (χ0) is 19.4. The predicted octanol–water partition coefficient (Wildman–Crippen LogP) is 1.40. The van der Waals surface area contributed by atoms with Gasteiger partial charge in [-0.2, -0.15) is 9.41 Å². The summed E-state index contributed by atoms with van der Waals surface area (Å²) >= 11 is 0. The van der Waals surface area contributed by atoms with Crippen LogP contribution in [0.25, 0.3) is 0 Å². The van der Waals surface area contributed by atoms with Crippen LogP contribution in [0.15, 0.2) is 46.5 Å². The molecule has 3 rings (SSSR count). The van der Waals surface area contributed by atoms with E-state index in [4.69, 9.17) is 4.74 Å². The number of nitrogens with zero attached hydrogens (tertiary/aromatic N) is 4. The van der Waals surface area contributed by atoms with E-state index in [0.29, 0.717) is 13.2 Å². The number of sulfonamides is 1. The van der Waals surface area contributed by atoms with Gasteiger partial charge in [-0.05, 0) is 24.3 Å². The molecule has 0 atom stereocenters. The fourth-order valence-corrected chi connectivity index (χ4v) is 4.06. The Labute approximate surface area is 156 Å². The van der Waals surface area contributed by atoms with E-state index in [1.807, 2.05) is 29.9 Å². The number of nitro benzene ring substituents is 1. The first-order chi connectivity index (χ1) is 12.9. The van der Waals surface area contributed by atoms with Crippen molar-refractivity contribution in [2.24, 2.45) is 12.1 Å². The largest absolute Gasteiger partial charge is 0.379 e. The number of hydrogen-bond acceptors (Lipinski definition) is 7. The molecule has 0 aliphatic carbocycles. The Hall–Kier alpha value is -2.76. The first kappa shape index (κ1) is 19.0. The second kappa shape index (κ2) is 7.86. The molecule has 1 aliphatic heterocycles. The molecule has 1 N–H and O–H groups in total. The summed E-state index contributed by atoms with van der Waals surface area (Å²) in [6.07, 6.45) is 3.36. The van der Waals surface area contributed by atoms with Gasteiger partial charge < -0.3 is 9.30 Å². The van der Waals surface area contributed by atoms with Gasteiger partial charge in [0.15, 0.2) is 0 Å². The Kier molecular flexibility index (Phi) is 5.54. The molecule has 144 valence electrons. The van der Waals surface area contributed by atoms with Crippen molar-refractivity contribution in [3.8, 4) is 0 Å². The number of ether oxygens (including phenoxy) is 1. The molecule has 0 radical (unpaired) electrons. The first-order valence-corrected chi connectivity index (χ1v) is 9.60. The van der Waals surface area contributed by atoms with Crippen LogP contribution in [-0.2, 0) is 21.8 Å². The lowest BCUT2D eigenvalue weighted by atomic mass is 10.3. The van der Waals surface area contributed by atoms with Gasteiger partial charge in [0.1, 0.15) is 5.69 Å². The molecule has 2 aromatic rings. The molecule has 11 heteroatoms. The molecule has 0 spiro atoms. The van der Waals surface area contributed by atoms with Gasteiger partial charge in [0, 0.05) is 32.4 Å². The Balaban J connectivity index is 1.85. The number of anilines is 1. The highest BCUT2D eigenvalue weighted by atomic mass is 32.2. The number of hydrogen-bond donors (Lipinski definition) is 1. The highest BCUT2D eigenvalue weighted by molar-refractivity contribution is 7.89. The van der Waals surface area contributed by atoms with Crippen LogP contribution in [0.1, 0.15) is 5.69 Å². The van der Waals surface area contributed by atoms with Gasteiger partial charge in [-0.3, -0.25) is 15.5 Å². The molecule has 1 aromatic heterocycles. The van der Waals surface area contributed by atoms with Gasteiger partial charge in [-0.15, -0.1) is 0 Å². The van der Waals surface area contributed by atoms with Gasteiger partial charge in [-0.1, -0.05) is 0 Å². The van der Waals surface area contributed by atoms with E-state index in [1.165, 1.54) is 22.7 Å². The van der Waals surface area contributed by atoms with Crippen molar-refractivity contribution in [2.45, 2.75) is 4.90 Å². The number of aryl methyl sites for hydroxylation is 1. The SMILES string of the molecule is Cn1cccc1/C=N/Nc1ccc(S(=O)(=O)N2CCOCC2)cc1[N+](=O)[O-]. The van der Waals surface area contributed by atoms with E-state index in [2.05, 4.69) is 10.5 Å². The molecule has 0 unspecified atom stereocenters. The molecule has 2 heterocycles. The minimum atomic E-state index is -3.82. The average molecular weight is 393 g/mol. The molecular weight excluding hydrogens is 374 g/mol. The summed E-state index contributed by atoms with van der Waals surface area (Å²) in [5, 5.41) is 15.4. The van der Waals surface area contributed by atoms with Gasteiger partial charge in [0.05, 0.1) is 34.9 Å². The van der Waals surface area contributed by atoms with Crippen molar-refractivity contribution in [3.63, 3.8) is 0 Å². The standard InChI is InChI=1S/C16H19N5O5S/c1-19-6-2-3-13(19)12-17-18-15-5-4-14(11-16(15)21(22)23)27(24,25)20-7-9-26-10-8-20/h2-6,11-12,18H,7-10H2,1H3/b17-12+. The maximum atomic E-state index is 12.7. The van der Waals surface area contributed by atoms with Crippen LogP contribution in [-0.4, -0.2) is 54.7 Å². The smallest absolute Gasteiger partial charge is 0.295 e. The Bertz CT molecular complexity index is 963. The Morgan fingerprint density at radius 3 is 2.67 bits per heavy atom. The van der Waals surface area contributed by atoms with Crippen molar-refractivity contribution in [2.75, 3.05) is 31.7 Å². The third-order valence-electron chi connectivity index (χ3n) is 4.14. The fourth-order valence-electron chi connectivity index (χ4n) is 2.63. The van der Waals surface area contributed by atoms with Crippen LogP contribution in [0.5, 0.6) is 0 Å². The molecule has 1 fully saturated rings. The molecule has 10 nitrogen and oxygen atoms in total. The molecule has 1 saturated heterocycles. The summed E-state index contributed by atoms with van der Waals surface area (Å²) < 4.78 is 33.6. The van der Waals surface area contributed by atoms with Crippen molar-refractivity contribution in [1.29, 1.82) is 0 Å². The zero-order valence-corrected chi connectivity index (χ0v) is 15.4. The van der Waals surface area contributed by atoms with E-state index in [-0.39, 0.29) is 29.4 Å². The van der Waals surface area contributed by atoms with Crippen molar-refractivity contribution >= 4 is 27.6 Å². The Morgan fingerprint density at radius 1 is 1.30 bits per heavy atom. The summed E-state index contributed by atoms with van der Waals surface area (Å²) in [6.45, 7) is 1.04. The van der Waals surface area contributed by atoms with Crippen molar-refractivity contribution in [3.05, 3.63) is 52.3 Å². The zero-order valence-electron chi connectivity index (χ0n) is 14.6. The monoisotopic (exact) mass is 393 g/mol. The third kappa shape index (κ3) is 4.15. The lowest BCUT2D eigenvalue weighted by Gasteiger charge is -2.26. The molecule has 0 bridgehead atoms. The summed E-state index contributed by atoms with van der Waals surface area (Å²) in [6, 6.07) is 7.39. The van der Waals surface area contributed by atoms with E-state index < -0.39 is 14.9 Å². The van der Waals surface area contributed by atoms with Crippen LogP contribution in [0.3, 0.4) is 0 Å². The first-order valence-electron chi connectivity index (χ1n) is 8.16. The molecule has 0 saturated carbocycles. The van der Waals surface area contributed by atoms with E-state index in [1.54, 1.807) is 0 Å². The maximum absolute atomic E-state index is 12.7. The minimum absolute atomic E-state index is 0.103. The quantitative estimate of drug-likeness (QED) is 0.450. The van der Waals surface area contributed by atoms with Crippen LogP contribution in [0, 0.1) is 10.1 Å². The lowest BCUT2D eigenvalue weighted by molar-refractivity contribution is -0.384. The van der Waals surface area contributed by atoms with E-state index in [9.17, 15) is 18.5 Å². The topological polar surface area (TPSA) is 119 Å². The summed E-state index contributed by atoms with van der Waals surface area (Å²) in [5.74, 6) is 0. The minimum Gasteiger partial charge on any atom is -0.379 e. The summed E-state index contributed by atoms with van der Waals surface area (Å²) in [4.78, 5) is 10.6. The number of rotatable bonds is 6. The third-order valence-corrected chi connectivity index (χ3v) is 6.03. The molecule has 27 heavy (non-hydrogen) atoms. The van der Waals surface area contributed by atoms with Crippen LogP contribution in [0.2, 0.25) is 0 Å². The number of aromatic nitrogens is 1. The van der Waals surface area contributed by atoms with Crippen molar-refractivity contribution in [1.82, 2.24) is 8.87 Å². The number of nitro groups is 1. The van der Waals surface area contributed by atoms with Gasteiger partial charge >= 0.3 is 0 Å².